The number of amides is 1. The highest BCUT2D eigenvalue weighted by Crippen LogP contribution is 2.32. The van der Waals surface area contributed by atoms with Crippen LogP contribution in [-0.2, 0) is 4.79 Å². The van der Waals surface area contributed by atoms with Crippen molar-refractivity contribution in [2.24, 2.45) is 0 Å². The van der Waals surface area contributed by atoms with E-state index in [-0.39, 0.29) is 11.2 Å². The van der Waals surface area contributed by atoms with Gasteiger partial charge in [-0.3, -0.25) is 9.89 Å². The Morgan fingerprint density at radius 3 is 2.96 bits per heavy atom. The first-order chi connectivity index (χ1) is 12.5. The maximum absolute atomic E-state index is 12.5. The third kappa shape index (κ3) is 4.20. The van der Waals surface area contributed by atoms with E-state index in [9.17, 15) is 4.79 Å². The van der Waals surface area contributed by atoms with Gasteiger partial charge in [0.15, 0.2) is 5.82 Å². The van der Waals surface area contributed by atoms with Crippen LogP contribution in [0.3, 0.4) is 0 Å². The quantitative estimate of drug-likeness (QED) is 0.581. The van der Waals surface area contributed by atoms with E-state index in [1.165, 1.54) is 18.9 Å². The van der Waals surface area contributed by atoms with Gasteiger partial charge in [-0.25, -0.2) is 4.98 Å². The zero-order chi connectivity index (χ0) is 18.7. The number of ether oxygens (including phenoxy) is 1. The second-order valence-corrected chi connectivity index (χ2v) is 8.16. The number of thiophene rings is 1. The number of carbonyl (C=O) groups is 1. The Bertz CT molecular complexity index is 912. The highest BCUT2D eigenvalue weighted by atomic mass is 35.5. The molecular formula is C17H17ClN4O2S2. The van der Waals surface area contributed by atoms with Gasteiger partial charge >= 0.3 is 0 Å². The average Bonchev–Trinajstić information content (AvgIpc) is 3.29. The normalized spacial score (nSPS) is 12.0. The molecule has 2 N–H and O–H groups in total. The summed E-state index contributed by atoms with van der Waals surface area (Å²) in [7, 11) is 1.54. The molecule has 26 heavy (non-hydrogen) atoms. The monoisotopic (exact) mass is 408 g/mol. The molecule has 0 bridgehead atoms. The molecule has 0 aliphatic carbocycles. The van der Waals surface area contributed by atoms with Crippen molar-refractivity contribution in [2.75, 3.05) is 12.4 Å². The van der Waals surface area contributed by atoms with E-state index < -0.39 is 0 Å². The van der Waals surface area contributed by atoms with E-state index in [2.05, 4.69) is 20.5 Å². The standard InChI is InChI=1S/C17H17ClN4O2S2/c1-9-7-12(13(24-3)8-11(9)18)19-16(23)10(2)26-17-20-15(21-22-17)14-5-4-6-25-14/h4-8,10H,1-3H3,(H,19,23)(H,20,21,22)/t10-/m1/s1. The van der Waals surface area contributed by atoms with Crippen LogP contribution in [0, 0.1) is 6.92 Å². The lowest BCUT2D eigenvalue weighted by molar-refractivity contribution is -0.115. The summed E-state index contributed by atoms with van der Waals surface area (Å²) < 4.78 is 5.29. The minimum absolute atomic E-state index is 0.169. The molecule has 0 saturated heterocycles. The van der Waals surface area contributed by atoms with Gasteiger partial charge in [0.05, 0.1) is 22.9 Å². The first kappa shape index (κ1) is 18.8. The van der Waals surface area contributed by atoms with Crippen molar-refractivity contribution >= 4 is 46.3 Å². The number of aromatic amines is 1. The molecule has 0 fully saturated rings. The molecule has 0 aliphatic rings. The second kappa shape index (κ2) is 8.11. The molecule has 2 aromatic heterocycles. The first-order valence-electron chi connectivity index (χ1n) is 7.76. The second-order valence-electron chi connectivity index (χ2n) is 5.49. The molecular weight excluding hydrogens is 392 g/mol. The van der Waals surface area contributed by atoms with Gasteiger partial charge in [0.1, 0.15) is 5.75 Å². The van der Waals surface area contributed by atoms with Gasteiger partial charge in [-0.1, -0.05) is 29.4 Å². The number of carbonyl (C=O) groups excluding carboxylic acids is 1. The number of thioether (sulfide) groups is 1. The van der Waals surface area contributed by atoms with Crippen molar-refractivity contribution in [3.63, 3.8) is 0 Å². The van der Waals surface area contributed by atoms with Crippen LogP contribution in [0.4, 0.5) is 5.69 Å². The van der Waals surface area contributed by atoms with Crippen molar-refractivity contribution < 1.29 is 9.53 Å². The summed E-state index contributed by atoms with van der Waals surface area (Å²) >= 11 is 8.96. The molecule has 136 valence electrons. The number of anilines is 1. The summed E-state index contributed by atoms with van der Waals surface area (Å²) in [6, 6.07) is 7.39. The maximum Gasteiger partial charge on any atom is 0.237 e. The van der Waals surface area contributed by atoms with E-state index in [4.69, 9.17) is 16.3 Å². The fraction of sp³-hybridized carbons (Fsp3) is 0.235. The zero-order valence-electron chi connectivity index (χ0n) is 14.4. The Morgan fingerprint density at radius 1 is 1.46 bits per heavy atom. The van der Waals surface area contributed by atoms with Gasteiger partial charge in [-0.15, -0.1) is 16.4 Å². The van der Waals surface area contributed by atoms with Crippen LogP contribution in [0.15, 0.2) is 34.8 Å². The van der Waals surface area contributed by atoms with Crippen molar-refractivity contribution in [2.45, 2.75) is 24.3 Å². The van der Waals surface area contributed by atoms with E-state index in [1.54, 1.807) is 30.4 Å². The zero-order valence-corrected chi connectivity index (χ0v) is 16.8. The minimum Gasteiger partial charge on any atom is -0.495 e. The Morgan fingerprint density at radius 2 is 2.27 bits per heavy atom. The van der Waals surface area contributed by atoms with Gasteiger partial charge in [-0.05, 0) is 36.9 Å². The summed E-state index contributed by atoms with van der Waals surface area (Å²) in [5, 5.41) is 12.6. The number of aryl methyl sites for hydroxylation is 1. The number of hydrogen-bond donors (Lipinski definition) is 2. The van der Waals surface area contributed by atoms with Crippen molar-refractivity contribution in [3.05, 3.63) is 40.2 Å². The van der Waals surface area contributed by atoms with Crippen LogP contribution in [0.25, 0.3) is 10.7 Å². The maximum atomic E-state index is 12.5. The SMILES string of the molecule is COc1cc(Cl)c(C)cc1NC(=O)[C@@H](C)Sc1n[nH]c(-c2cccs2)n1. The molecule has 0 aliphatic heterocycles. The number of nitrogens with one attached hydrogen (secondary N) is 2. The molecule has 1 amide bonds. The number of halogens is 1. The molecule has 0 spiro atoms. The summed E-state index contributed by atoms with van der Waals surface area (Å²) in [6.45, 7) is 3.67. The van der Waals surface area contributed by atoms with Gasteiger partial charge in [0.25, 0.3) is 0 Å². The summed E-state index contributed by atoms with van der Waals surface area (Å²) in [5.74, 6) is 1.05. The van der Waals surface area contributed by atoms with Crippen molar-refractivity contribution in [1.29, 1.82) is 0 Å². The van der Waals surface area contributed by atoms with Gasteiger partial charge in [-0.2, -0.15) is 0 Å². The van der Waals surface area contributed by atoms with E-state index >= 15 is 0 Å². The number of benzene rings is 1. The van der Waals surface area contributed by atoms with Crippen LogP contribution < -0.4 is 10.1 Å². The smallest absolute Gasteiger partial charge is 0.237 e. The summed E-state index contributed by atoms with van der Waals surface area (Å²) in [5.41, 5.74) is 1.44. The lowest BCUT2D eigenvalue weighted by Crippen LogP contribution is -2.23. The average molecular weight is 409 g/mol. The number of hydrogen-bond acceptors (Lipinski definition) is 6. The molecule has 1 atom stereocenters. The third-order valence-corrected chi connectivity index (χ3v) is 5.85. The highest BCUT2D eigenvalue weighted by molar-refractivity contribution is 8.00. The molecule has 2 heterocycles. The molecule has 1 aromatic carbocycles. The van der Waals surface area contributed by atoms with Crippen molar-refractivity contribution in [1.82, 2.24) is 15.2 Å². The molecule has 3 aromatic rings. The van der Waals surface area contributed by atoms with Gasteiger partial charge in [0.2, 0.25) is 11.1 Å². The van der Waals surface area contributed by atoms with Crippen LogP contribution in [0.5, 0.6) is 5.75 Å². The topological polar surface area (TPSA) is 79.9 Å². The number of H-pyrrole nitrogens is 1. The fourth-order valence-corrected chi connectivity index (χ4v) is 3.74. The predicted octanol–water partition coefficient (Wildman–Crippen LogP) is 4.62. The number of rotatable bonds is 6. The lowest BCUT2D eigenvalue weighted by Gasteiger charge is -2.14. The molecule has 0 saturated carbocycles. The Hall–Kier alpha value is -2.03. The van der Waals surface area contributed by atoms with Crippen LogP contribution in [-0.4, -0.2) is 33.4 Å². The number of nitrogens with zero attached hydrogens (tertiary/aromatic N) is 2. The molecule has 0 unspecified atom stereocenters. The van der Waals surface area contributed by atoms with Gasteiger partial charge < -0.3 is 10.1 Å². The molecule has 0 radical (unpaired) electrons. The first-order valence-corrected chi connectivity index (χ1v) is 9.89. The van der Waals surface area contributed by atoms with Gasteiger partial charge in [0, 0.05) is 11.1 Å². The third-order valence-electron chi connectivity index (χ3n) is 3.61. The highest BCUT2D eigenvalue weighted by Gasteiger charge is 2.19. The number of aromatic nitrogens is 3. The predicted molar refractivity (Wildman–Crippen MR) is 106 cm³/mol. The van der Waals surface area contributed by atoms with Crippen LogP contribution in [0.1, 0.15) is 12.5 Å². The summed E-state index contributed by atoms with van der Waals surface area (Å²) in [6.07, 6.45) is 0. The Labute approximate surface area is 164 Å². The summed E-state index contributed by atoms with van der Waals surface area (Å²) in [4.78, 5) is 18.0. The van der Waals surface area contributed by atoms with E-state index in [0.717, 1.165) is 10.4 Å². The van der Waals surface area contributed by atoms with Crippen molar-refractivity contribution in [3.8, 4) is 16.5 Å². The molecule has 9 heteroatoms. The number of methoxy groups -OCH3 is 1. The molecule has 3 rings (SSSR count). The minimum atomic E-state index is -0.386. The Balaban J connectivity index is 1.68. The lowest BCUT2D eigenvalue weighted by atomic mass is 10.2. The molecule has 6 nitrogen and oxygen atoms in total. The van der Waals surface area contributed by atoms with Crippen LogP contribution >= 0.6 is 34.7 Å². The fourth-order valence-electron chi connectivity index (χ4n) is 2.20. The Kier molecular flexibility index (Phi) is 5.85. The van der Waals surface area contributed by atoms with E-state index in [0.29, 0.717) is 27.4 Å². The largest absolute Gasteiger partial charge is 0.495 e. The van der Waals surface area contributed by atoms with Crippen LogP contribution in [0.2, 0.25) is 5.02 Å². The van der Waals surface area contributed by atoms with E-state index in [1.807, 2.05) is 24.4 Å².